The number of nitrogens with one attached hydrogen (secondary N) is 2. The highest BCUT2D eigenvalue weighted by atomic mass is 16.1. The van der Waals surface area contributed by atoms with Gasteiger partial charge >= 0.3 is 0 Å². The average Bonchev–Trinajstić information content (AvgIpc) is 2.43. The molecule has 1 aromatic rings. The average molecular weight is 262 g/mol. The SMILES string of the molecule is CCC(NC(=O)CCNC)C(C)(C)c1ccccc1. The summed E-state index contributed by atoms with van der Waals surface area (Å²) in [5.74, 6) is 0.116. The number of carbonyl (C=O) groups excluding carboxylic acids is 1. The van der Waals surface area contributed by atoms with E-state index in [1.54, 1.807) is 0 Å². The van der Waals surface area contributed by atoms with Crippen LogP contribution in [-0.4, -0.2) is 25.5 Å². The third-order valence-corrected chi connectivity index (χ3v) is 3.73. The van der Waals surface area contributed by atoms with Gasteiger partial charge in [-0.25, -0.2) is 0 Å². The van der Waals surface area contributed by atoms with Crippen molar-refractivity contribution in [3.8, 4) is 0 Å². The lowest BCUT2D eigenvalue weighted by Gasteiger charge is -2.35. The fraction of sp³-hybridized carbons (Fsp3) is 0.562. The number of rotatable bonds is 7. The van der Waals surface area contributed by atoms with E-state index in [2.05, 4.69) is 43.5 Å². The Bertz CT molecular complexity index is 387. The maximum atomic E-state index is 11.9. The summed E-state index contributed by atoms with van der Waals surface area (Å²) >= 11 is 0. The van der Waals surface area contributed by atoms with Crippen molar-refractivity contribution in [2.75, 3.05) is 13.6 Å². The summed E-state index contributed by atoms with van der Waals surface area (Å²) in [7, 11) is 1.86. The van der Waals surface area contributed by atoms with Gasteiger partial charge in [0.2, 0.25) is 5.91 Å². The predicted molar refractivity (Wildman–Crippen MR) is 80.2 cm³/mol. The van der Waals surface area contributed by atoms with E-state index in [4.69, 9.17) is 0 Å². The third-order valence-electron chi connectivity index (χ3n) is 3.73. The quantitative estimate of drug-likeness (QED) is 0.792. The smallest absolute Gasteiger partial charge is 0.221 e. The first-order valence-electron chi connectivity index (χ1n) is 7.01. The van der Waals surface area contributed by atoms with E-state index >= 15 is 0 Å². The van der Waals surface area contributed by atoms with Crippen LogP contribution in [0.4, 0.5) is 0 Å². The summed E-state index contributed by atoms with van der Waals surface area (Å²) in [6.07, 6.45) is 1.45. The van der Waals surface area contributed by atoms with Crippen LogP contribution < -0.4 is 10.6 Å². The zero-order valence-corrected chi connectivity index (χ0v) is 12.5. The Morgan fingerprint density at radius 1 is 1.26 bits per heavy atom. The van der Waals surface area contributed by atoms with Crippen LogP contribution in [0.25, 0.3) is 0 Å². The van der Waals surface area contributed by atoms with Gasteiger partial charge in [0.25, 0.3) is 0 Å². The van der Waals surface area contributed by atoms with Gasteiger partial charge in [0.05, 0.1) is 0 Å². The van der Waals surface area contributed by atoms with Crippen LogP contribution in [0.15, 0.2) is 30.3 Å². The first-order chi connectivity index (χ1) is 9.02. The van der Waals surface area contributed by atoms with E-state index < -0.39 is 0 Å². The van der Waals surface area contributed by atoms with E-state index in [9.17, 15) is 4.79 Å². The zero-order chi connectivity index (χ0) is 14.3. The molecule has 0 radical (unpaired) electrons. The fourth-order valence-electron chi connectivity index (χ4n) is 2.37. The molecule has 1 unspecified atom stereocenters. The number of benzene rings is 1. The standard InChI is InChI=1S/C16H26N2O/c1-5-14(18-15(19)11-12-17-4)16(2,3)13-9-7-6-8-10-13/h6-10,14,17H,5,11-12H2,1-4H3,(H,18,19). The van der Waals surface area contributed by atoms with Crippen molar-refractivity contribution in [3.05, 3.63) is 35.9 Å². The molecule has 0 saturated heterocycles. The summed E-state index contributed by atoms with van der Waals surface area (Å²) in [5, 5.41) is 6.16. The van der Waals surface area contributed by atoms with E-state index in [1.165, 1.54) is 5.56 Å². The summed E-state index contributed by atoms with van der Waals surface area (Å²) in [5.41, 5.74) is 1.20. The second-order valence-electron chi connectivity index (χ2n) is 5.47. The van der Waals surface area contributed by atoms with Gasteiger partial charge < -0.3 is 10.6 Å². The second-order valence-corrected chi connectivity index (χ2v) is 5.47. The van der Waals surface area contributed by atoms with Gasteiger partial charge in [-0.3, -0.25) is 4.79 Å². The predicted octanol–water partition coefficient (Wildman–Crippen LogP) is 2.47. The van der Waals surface area contributed by atoms with Gasteiger partial charge in [0, 0.05) is 24.4 Å². The highest BCUT2D eigenvalue weighted by Crippen LogP contribution is 2.28. The van der Waals surface area contributed by atoms with Crippen molar-refractivity contribution < 1.29 is 4.79 Å². The molecule has 1 rings (SSSR count). The van der Waals surface area contributed by atoms with Crippen LogP contribution >= 0.6 is 0 Å². The summed E-state index contributed by atoms with van der Waals surface area (Å²) < 4.78 is 0. The molecule has 0 saturated carbocycles. The van der Waals surface area contributed by atoms with Gasteiger partial charge in [-0.05, 0) is 19.0 Å². The Hall–Kier alpha value is -1.35. The van der Waals surface area contributed by atoms with Crippen molar-refractivity contribution in [3.63, 3.8) is 0 Å². The third kappa shape index (κ3) is 4.35. The molecular weight excluding hydrogens is 236 g/mol. The topological polar surface area (TPSA) is 41.1 Å². The molecule has 0 aliphatic carbocycles. The Balaban J connectivity index is 2.75. The van der Waals surface area contributed by atoms with Crippen LogP contribution in [0.1, 0.15) is 39.2 Å². The number of carbonyl (C=O) groups is 1. The lowest BCUT2D eigenvalue weighted by atomic mass is 9.76. The Labute approximate surface area is 116 Å². The summed E-state index contributed by atoms with van der Waals surface area (Å²) in [6, 6.07) is 10.5. The zero-order valence-electron chi connectivity index (χ0n) is 12.5. The molecule has 1 atom stereocenters. The minimum absolute atomic E-state index is 0.0642. The minimum atomic E-state index is -0.0642. The lowest BCUT2D eigenvalue weighted by Crippen LogP contribution is -2.47. The summed E-state index contributed by atoms with van der Waals surface area (Å²) in [4.78, 5) is 11.9. The molecule has 1 amide bonds. The van der Waals surface area contributed by atoms with Crippen molar-refractivity contribution in [2.24, 2.45) is 0 Å². The van der Waals surface area contributed by atoms with Crippen molar-refractivity contribution in [1.29, 1.82) is 0 Å². The number of amides is 1. The molecule has 0 aliphatic rings. The van der Waals surface area contributed by atoms with Crippen LogP contribution in [0.5, 0.6) is 0 Å². The van der Waals surface area contributed by atoms with E-state index in [0.29, 0.717) is 13.0 Å². The van der Waals surface area contributed by atoms with Gasteiger partial charge in [-0.15, -0.1) is 0 Å². The molecule has 0 fully saturated rings. The maximum Gasteiger partial charge on any atom is 0.221 e. The molecule has 1 aromatic carbocycles. The van der Waals surface area contributed by atoms with Gasteiger partial charge in [-0.1, -0.05) is 51.1 Å². The van der Waals surface area contributed by atoms with Crippen molar-refractivity contribution in [2.45, 2.75) is 45.1 Å². The molecule has 0 bridgehead atoms. The molecular formula is C16H26N2O. The molecule has 0 aliphatic heterocycles. The normalized spacial score (nSPS) is 13.1. The Morgan fingerprint density at radius 2 is 1.89 bits per heavy atom. The van der Waals surface area contributed by atoms with Crippen LogP contribution in [0.3, 0.4) is 0 Å². The first-order valence-corrected chi connectivity index (χ1v) is 7.01. The van der Waals surface area contributed by atoms with Crippen LogP contribution in [0.2, 0.25) is 0 Å². The molecule has 3 nitrogen and oxygen atoms in total. The highest BCUT2D eigenvalue weighted by molar-refractivity contribution is 5.76. The minimum Gasteiger partial charge on any atom is -0.352 e. The van der Waals surface area contributed by atoms with Crippen molar-refractivity contribution >= 4 is 5.91 Å². The Morgan fingerprint density at radius 3 is 2.42 bits per heavy atom. The largest absolute Gasteiger partial charge is 0.352 e. The van der Waals surface area contributed by atoms with E-state index in [0.717, 1.165) is 6.42 Å². The first kappa shape index (κ1) is 15.7. The molecule has 0 aromatic heterocycles. The maximum absolute atomic E-state index is 11.9. The van der Waals surface area contributed by atoms with Gasteiger partial charge in [0.15, 0.2) is 0 Å². The molecule has 0 heterocycles. The van der Waals surface area contributed by atoms with Crippen LogP contribution in [-0.2, 0) is 10.2 Å². The van der Waals surface area contributed by atoms with E-state index in [1.807, 2.05) is 25.2 Å². The van der Waals surface area contributed by atoms with Crippen molar-refractivity contribution in [1.82, 2.24) is 10.6 Å². The number of hydrogen-bond donors (Lipinski definition) is 2. The van der Waals surface area contributed by atoms with Gasteiger partial charge in [0.1, 0.15) is 0 Å². The number of hydrogen-bond acceptors (Lipinski definition) is 2. The van der Waals surface area contributed by atoms with E-state index in [-0.39, 0.29) is 17.4 Å². The lowest BCUT2D eigenvalue weighted by molar-refractivity contribution is -0.122. The molecule has 0 spiro atoms. The summed E-state index contributed by atoms with van der Waals surface area (Å²) in [6.45, 7) is 7.21. The van der Waals surface area contributed by atoms with Gasteiger partial charge in [-0.2, -0.15) is 0 Å². The second kappa shape index (κ2) is 7.29. The fourth-order valence-corrected chi connectivity index (χ4v) is 2.37. The monoisotopic (exact) mass is 262 g/mol. The van der Waals surface area contributed by atoms with Crippen LogP contribution in [0, 0.1) is 0 Å². The molecule has 2 N–H and O–H groups in total. The molecule has 106 valence electrons. The Kier molecular flexibility index (Phi) is 6.03. The molecule has 19 heavy (non-hydrogen) atoms. The highest BCUT2D eigenvalue weighted by Gasteiger charge is 2.30. The molecule has 3 heteroatoms.